The van der Waals surface area contributed by atoms with Gasteiger partial charge in [0.25, 0.3) is 0 Å². The molecule has 0 saturated heterocycles. The van der Waals surface area contributed by atoms with E-state index in [-0.39, 0.29) is 5.75 Å². The molecule has 0 amide bonds. The van der Waals surface area contributed by atoms with Gasteiger partial charge in [0.05, 0.1) is 18.9 Å². The van der Waals surface area contributed by atoms with Crippen molar-refractivity contribution in [2.45, 2.75) is 13.8 Å². The molecule has 2 aromatic rings. The molecule has 4 nitrogen and oxygen atoms in total. The van der Waals surface area contributed by atoms with E-state index in [1.54, 1.807) is 18.3 Å². The molecule has 0 saturated carbocycles. The average molecular weight is 285 g/mol. The zero-order valence-corrected chi connectivity index (χ0v) is 12.2. The molecule has 2 rings (SSSR count). The number of para-hydroxylation sites is 1. The summed E-state index contributed by atoms with van der Waals surface area (Å²) in [4.78, 5) is 4.34. The van der Waals surface area contributed by atoms with E-state index in [0.717, 1.165) is 11.4 Å². The van der Waals surface area contributed by atoms with E-state index in [1.807, 2.05) is 44.2 Å². The first-order valence-electron chi connectivity index (χ1n) is 6.96. The third kappa shape index (κ3) is 3.99. The predicted molar refractivity (Wildman–Crippen MR) is 84.1 cm³/mol. The number of nitrogens with zero attached hydrogens (tertiary/aromatic N) is 1. The third-order valence-corrected chi connectivity index (χ3v) is 2.83. The second-order valence-electron chi connectivity index (χ2n) is 4.31. The first-order valence-corrected chi connectivity index (χ1v) is 6.96. The smallest absolute Gasteiger partial charge is 0.166 e. The van der Waals surface area contributed by atoms with Crippen molar-refractivity contribution in [2.75, 3.05) is 13.2 Å². The summed E-state index contributed by atoms with van der Waals surface area (Å²) in [5.41, 5.74) is 1.41. The van der Waals surface area contributed by atoms with Crippen LogP contribution in [0.2, 0.25) is 0 Å². The van der Waals surface area contributed by atoms with Gasteiger partial charge in [0, 0.05) is 11.8 Å². The Bertz CT molecular complexity index is 606. The van der Waals surface area contributed by atoms with Crippen LogP contribution in [0, 0.1) is 0 Å². The Morgan fingerprint density at radius 1 is 1.00 bits per heavy atom. The molecule has 1 N–H and O–H groups in total. The van der Waals surface area contributed by atoms with Gasteiger partial charge in [-0.15, -0.1) is 0 Å². The molecule has 0 atom stereocenters. The van der Waals surface area contributed by atoms with E-state index in [2.05, 4.69) is 4.99 Å². The minimum Gasteiger partial charge on any atom is -0.504 e. The van der Waals surface area contributed by atoms with Crippen LogP contribution in [-0.4, -0.2) is 24.5 Å². The molecule has 0 spiro atoms. The highest BCUT2D eigenvalue weighted by Gasteiger charge is 2.05. The molecule has 2 aromatic carbocycles. The van der Waals surface area contributed by atoms with Gasteiger partial charge in [-0.3, -0.25) is 4.99 Å². The summed E-state index contributed by atoms with van der Waals surface area (Å²) in [6.45, 7) is 4.97. The highest BCUT2D eigenvalue weighted by molar-refractivity contribution is 5.86. The van der Waals surface area contributed by atoms with Crippen molar-refractivity contribution in [1.29, 1.82) is 0 Å². The summed E-state index contributed by atoms with van der Waals surface area (Å²) in [6, 6.07) is 12.8. The predicted octanol–water partition coefficient (Wildman–Crippen LogP) is 3.94. The molecule has 0 bridgehead atoms. The highest BCUT2D eigenvalue weighted by Crippen LogP contribution is 2.29. The molecule has 0 aromatic heterocycles. The number of hydrogen-bond donors (Lipinski definition) is 1. The lowest BCUT2D eigenvalue weighted by Crippen LogP contribution is -1.93. The first-order chi connectivity index (χ1) is 10.2. The van der Waals surface area contributed by atoms with Crippen LogP contribution >= 0.6 is 0 Å². The van der Waals surface area contributed by atoms with E-state index < -0.39 is 0 Å². The molecule has 0 aliphatic carbocycles. The van der Waals surface area contributed by atoms with Crippen molar-refractivity contribution in [3.8, 4) is 17.2 Å². The monoisotopic (exact) mass is 285 g/mol. The maximum absolute atomic E-state index is 10.1. The van der Waals surface area contributed by atoms with E-state index in [1.165, 1.54) is 0 Å². The van der Waals surface area contributed by atoms with Crippen molar-refractivity contribution in [3.05, 3.63) is 48.0 Å². The fourth-order valence-corrected chi connectivity index (χ4v) is 1.85. The first kappa shape index (κ1) is 14.9. The normalized spacial score (nSPS) is 10.8. The van der Waals surface area contributed by atoms with E-state index in [0.29, 0.717) is 24.5 Å². The fraction of sp³-hybridized carbons (Fsp3) is 0.235. The van der Waals surface area contributed by atoms with Gasteiger partial charge in [0.1, 0.15) is 5.75 Å². The van der Waals surface area contributed by atoms with Crippen LogP contribution in [0.25, 0.3) is 0 Å². The lowest BCUT2D eigenvalue weighted by molar-refractivity contribution is 0.318. The molecular formula is C17H19NO3. The van der Waals surface area contributed by atoms with Gasteiger partial charge in [-0.05, 0) is 50.2 Å². The minimum atomic E-state index is 0.106. The fourth-order valence-electron chi connectivity index (χ4n) is 1.85. The van der Waals surface area contributed by atoms with Crippen molar-refractivity contribution in [3.63, 3.8) is 0 Å². The van der Waals surface area contributed by atoms with Crippen LogP contribution in [0.1, 0.15) is 19.4 Å². The summed E-state index contributed by atoms with van der Waals surface area (Å²) < 4.78 is 10.7. The largest absolute Gasteiger partial charge is 0.504 e. The van der Waals surface area contributed by atoms with E-state index in [4.69, 9.17) is 9.47 Å². The number of benzene rings is 2. The van der Waals surface area contributed by atoms with Crippen LogP contribution in [-0.2, 0) is 0 Å². The van der Waals surface area contributed by atoms with Crippen LogP contribution in [0.15, 0.2) is 47.5 Å². The van der Waals surface area contributed by atoms with Crippen molar-refractivity contribution < 1.29 is 14.6 Å². The molecule has 21 heavy (non-hydrogen) atoms. The van der Waals surface area contributed by atoms with Crippen molar-refractivity contribution in [2.24, 2.45) is 4.99 Å². The van der Waals surface area contributed by atoms with Crippen LogP contribution in [0.3, 0.4) is 0 Å². The summed E-state index contributed by atoms with van der Waals surface area (Å²) in [6.07, 6.45) is 1.62. The van der Waals surface area contributed by atoms with Gasteiger partial charge >= 0.3 is 0 Å². The number of aliphatic imine (C=N–C) groups is 1. The number of aromatic hydroxyl groups is 1. The molecule has 0 heterocycles. The van der Waals surface area contributed by atoms with Crippen molar-refractivity contribution >= 4 is 11.9 Å². The number of hydrogen-bond acceptors (Lipinski definition) is 4. The highest BCUT2D eigenvalue weighted by atomic mass is 16.5. The van der Waals surface area contributed by atoms with Gasteiger partial charge < -0.3 is 14.6 Å². The maximum atomic E-state index is 10.1. The third-order valence-electron chi connectivity index (χ3n) is 2.83. The van der Waals surface area contributed by atoms with Gasteiger partial charge in [0.2, 0.25) is 0 Å². The molecule has 0 fully saturated rings. The van der Waals surface area contributed by atoms with Gasteiger partial charge in [0.15, 0.2) is 11.5 Å². The lowest BCUT2D eigenvalue weighted by Gasteiger charge is -2.07. The molecule has 0 aliphatic heterocycles. The Morgan fingerprint density at radius 3 is 2.38 bits per heavy atom. The molecule has 110 valence electrons. The van der Waals surface area contributed by atoms with Gasteiger partial charge in [-0.2, -0.15) is 0 Å². The second kappa shape index (κ2) is 7.33. The number of ether oxygens (including phenoxy) is 2. The van der Waals surface area contributed by atoms with Crippen molar-refractivity contribution in [1.82, 2.24) is 0 Å². The number of rotatable bonds is 6. The lowest BCUT2D eigenvalue weighted by atomic mass is 10.2. The topological polar surface area (TPSA) is 51.0 Å². The standard InChI is InChI=1S/C17H19NO3/c1-3-20-15-10-8-14(9-11-15)18-12-13-6-5-7-16(17(13)19)21-4-2/h5-12,19H,3-4H2,1-2H3. The number of phenolic OH excluding ortho intramolecular Hbond substituents is 1. The number of phenols is 1. The Labute approximate surface area is 124 Å². The Balaban J connectivity index is 2.15. The van der Waals surface area contributed by atoms with Crippen LogP contribution in [0.5, 0.6) is 17.2 Å². The zero-order valence-electron chi connectivity index (χ0n) is 12.2. The SMILES string of the molecule is CCOc1ccc(N=Cc2cccc(OCC)c2O)cc1. The minimum absolute atomic E-state index is 0.106. The van der Waals surface area contributed by atoms with E-state index in [9.17, 15) is 5.11 Å². The maximum Gasteiger partial charge on any atom is 0.166 e. The Hall–Kier alpha value is -2.49. The summed E-state index contributed by atoms with van der Waals surface area (Å²) in [7, 11) is 0. The second-order valence-corrected chi connectivity index (χ2v) is 4.31. The molecule has 0 radical (unpaired) electrons. The molecule has 0 unspecified atom stereocenters. The summed E-state index contributed by atoms with van der Waals surface area (Å²) in [5.74, 6) is 1.39. The van der Waals surface area contributed by atoms with Gasteiger partial charge in [-0.25, -0.2) is 0 Å². The summed E-state index contributed by atoms with van der Waals surface area (Å²) >= 11 is 0. The molecule has 4 heteroatoms. The Kier molecular flexibility index (Phi) is 5.21. The molecular weight excluding hydrogens is 266 g/mol. The average Bonchev–Trinajstić information content (AvgIpc) is 2.50. The van der Waals surface area contributed by atoms with E-state index >= 15 is 0 Å². The van der Waals surface area contributed by atoms with Crippen LogP contribution < -0.4 is 9.47 Å². The quantitative estimate of drug-likeness (QED) is 0.818. The van der Waals surface area contributed by atoms with Crippen LogP contribution in [0.4, 0.5) is 5.69 Å². The molecule has 0 aliphatic rings. The summed E-state index contributed by atoms with van der Waals surface area (Å²) in [5, 5.41) is 10.1. The van der Waals surface area contributed by atoms with Gasteiger partial charge in [-0.1, -0.05) is 6.07 Å². The zero-order chi connectivity index (χ0) is 15.1. The Morgan fingerprint density at radius 2 is 1.71 bits per heavy atom.